The van der Waals surface area contributed by atoms with Gasteiger partial charge < -0.3 is 10.2 Å². The van der Waals surface area contributed by atoms with E-state index in [4.69, 9.17) is 5.26 Å². The zero-order valence-corrected chi connectivity index (χ0v) is 16.3. The fourth-order valence-corrected chi connectivity index (χ4v) is 4.04. The smallest absolute Gasteiger partial charge is 0.242 e. The molecule has 5 nitrogen and oxygen atoms in total. The summed E-state index contributed by atoms with van der Waals surface area (Å²) in [7, 11) is 0. The lowest BCUT2D eigenvalue weighted by molar-refractivity contribution is -0.120. The van der Waals surface area contributed by atoms with E-state index < -0.39 is 0 Å². The molecule has 0 radical (unpaired) electrons. The van der Waals surface area contributed by atoms with Crippen molar-refractivity contribution in [1.82, 2.24) is 4.90 Å². The van der Waals surface area contributed by atoms with E-state index in [-0.39, 0.29) is 11.9 Å². The van der Waals surface area contributed by atoms with Gasteiger partial charge in [0.15, 0.2) is 0 Å². The summed E-state index contributed by atoms with van der Waals surface area (Å²) in [6.07, 6.45) is 0. The van der Waals surface area contributed by atoms with Crippen LogP contribution in [0.5, 0.6) is 0 Å². The van der Waals surface area contributed by atoms with Crippen LogP contribution in [0.1, 0.15) is 23.6 Å². The Hall–Kier alpha value is -2.36. The number of carbonyl (C=O) groups is 1. The molecule has 1 fully saturated rings. The Bertz CT molecular complexity index is 831. The molecule has 1 saturated heterocycles. The van der Waals surface area contributed by atoms with Gasteiger partial charge in [0, 0.05) is 31.9 Å². The molecule has 1 aliphatic heterocycles. The van der Waals surface area contributed by atoms with Crippen LogP contribution >= 0.6 is 11.3 Å². The van der Waals surface area contributed by atoms with E-state index in [0.29, 0.717) is 10.6 Å². The van der Waals surface area contributed by atoms with E-state index in [9.17, 15) is 4.79 Å². The minimum absolute atomic E-state index is 0.0517. The van der Waals surface area contributed by atoms with Crippen LogP contribution in [-0.4, -0.2) is 43.0 Å². The maximum absolute atomic E-state index is 12.6. The average molecular weight is 369 g/mol. The Labute approximate surface area is 158 Å². The van der Waals surface area contributed by atoms with Gasteiger partial charge in [-0.1, -0.05) is 12.1 Å². The summed E-state index contributed by atoms with van der Waals surface area (Å²) in [6, 6.07) is 10.0. The Kier molecular flexibility index (Phi) is 5.60. The van der Waals surface area contributed by atoms with E-state index in [2.05, 4.69) is 53.2 Å². The number of hydrogen-bond donors (Lipinski definition) is 1. The summed E-state index contributed by atoms with van der Waals surface area (Å²) >= 11 is 1.39. The summed E-state index contributed by atoms with van der Waals surface area (Å²) < 4.78 is 0. The van der Waals surface area contributed by atoms with Crippen LogP contribution in [0.2, 0.25) is 0 Å². The summed E-state index contributed by atoms with van der Waals surface area (Å²) in [5, 5.41) is 14.4. The molecule has 1 amide bonds. The van der Waals surface area contributed by atoms with Crippen molar-refractivity contribution < 1.29 is 4.79 Å². The number of hydrogen-bond acceptors (Lipinski definition) is 5. The highest BCUT2D eigenvalue weighted by atomic mass is 32.1. The summed E-state index contributed by atoms with van der Waals surface area (Å²) in [6.45, 7) is 9.74. The molecule has 1 aromatic heterocycles. The Balaban J connectivity index is 1.60. The number of carbonyl (C=O) groups excluding carboxylic acids is 1. The highest BCUT2D eigenvalue weighted by molar-refractivity contribution is 7.14. The van der Waals surface area contributed by atoms with Gasteiger partial charge in [-0.05, 0) is 49.4 Å². The minimum Gasteiger partial charge on any atom is -0.369 e. The van der Waals surface area contributed by atoms with Crippen molar-refractivity contribution in [3.8, 4) is 6.07 Å². The molecule has 0 bridgehead atoms. The zero-order valence-electron chi connectivity index (χ0n) is 15.5. The van der Waals surface area contributed by atoms with Crippen LogP contribution < -0.4 is 10.2 Å². The summed E-state index contributed by atoms with van der Waals surface area (Å²) in [5.41, 5.74) is 4.45. The number of aryl methyl sites for hydroxylation is 1. The predicted octanol–water partition coefficient (Wildman–Crippen LogP) is 3.39. The third kappa shape index (κ3) is 3.74. The van der Waals surface area contributed by atoms with Gasteiger partial charge in [0.1, 0.15) is 11.1 Å². The molecule has 2 aromatic rings. The number of rotatable bonds is 4. The molecule has 0 saturated carbocycles. The highest BCUT2D eigenvalue weighted by Gasteiger charge is 2.26. The largest absolute Gasteiger partial charge is 0.369 e. The van der Waals surface area contributed by atoms with Gasteiger partial charge in [0.2, 0.25) is 5.91 Å². The number of nitrogens with one attached hydrogen (secondary N) is 1. The zero-order chi connectivity index (χ0) is 18.7. The number of amides is 1. The first kappa shape index (κ1) is 18.4. The quantitative estimate of drug-likeness (QED) is 0.899. The van der Waals surface area contributed by atoms with Crippen LogP contribution in [0, 0.1) is 25.2 Å². The summed E-state index contributed by atoms with van der Waals surface area (Å²) in [5.74, 6) is -0.0517. The minimum atomic E-state index is -0.218. The number of thiophene rings is 1. The van der Waals surface area contributed by atoms with Crippen molar-refractivity contribution in [2.24, 2.45) is 0 Å². The number of piperazine rings is 1. The monoisotopic (exact) mass is 368 g/mol. The van der Waals surface area contributed by atoms with Gasteiger partial charge >= 0.3 is 0 Å². The molecule has 2 heterocycles. The molecule has 3 rings (SSSR count). The van der Waals surface area contributed by atoms with Gasteiger partial charge in [-0.3, -0.25) is 9.69 Å². The maximum Gasteiger partial charge on any atom is 0.242 e. The van der Waals surface area contributed by atoms with Crippen molar-refractivity contribution in [1.29, 1.82) is 5.26 Å². The lowest BCUT2D eigenvalue weighted by Gasteiger charge is -2.39. The molecule has 1 aromatic carbocycles. The first-order valence-corrected chi connectivity index (χ1v) is 9.73. The second-order valence-electron chi connectivity index (χ2n) is 6.68. The van der Waals surface area contributed by atoms with Crippen LogP contribution in [0.25, 0.3) is 0 Å². The first-order chi connectivity index (χ1) is 12.5. The van der Waals surface area contributed by atoms with Crippen molar-refractivity contribution in [2.45, 2.75) is 26.8 Å². The van der Waals surface area contributed by atoms with Gasteiger partial charge in [-0.2, -0.15) is 5.26 Å². The van der Waals surface area contributed by atoms with Gasteiger partial charge in [-0.15, -0.1) is 11.3 Å². The number of benzene rings is 1. The van der Waals surface area contributed by atoms with Gasteiger partial charge in [0.05, 0.1) is 11.6 Å². The molecular formula is C20H24N4OS. The third-order valence-corrected chi connectivity index (χ3v) is 6.01. The Morgan fingerprint density at radius 3 is 2.65 bits per heavy atom. The fraction of sp³-hybridized carbons (Fsp3) is 0.400. The number of nitrogens with zero attached hydrogens (tertiary/aromatic N) is 3. The van der Waals surface area contributed by atoms with Crippen molar-refractivity contribution in [2.75, 3.05) is 36.4 Å². The molecule has 1 atom stereocenters. The van der Waals surface area contributed by atoms with E-state index in [1.54, 1.807) is 6.07 Å². The van der Waals surface area contributed by atoms with Crippen LogP contribution in [0.15, 0.2) is 29.6 Å². The van der Waals surface area contributed by atoms with Gasteiger partial charge in [0.25, 0.3) is 0 Å². The Morgan fingerprint density at radius 2 is 1.96 bits per heavy atom. The Morgan fingerprint density at radius 1 is 1.23 bits per heavy atom. The molecule has 6 heteroatoms. The summed E-state index contributed by atoms with van der Waals surface area (Å²) in [4.78, 5) is 17.2. The average Bonchev–Trinajstić information content (AvgIpc) is 3.10. The number of nitriles is 1. The number of anilines is 2. The second-order valence-corrected chi connectivity index (χ2v) is 7.60. The lowest BCUT2D eigenvalue weighted by atomic mass is 10.1. The SMILES string of the molecule is Cc1cccc(N2CCN([C@H](C)C(=O)Nc3sccc3C#N)CC2)c1C. The first-order valence-electron chi connectivity index (χ1n) is 8.85. The van der Waals surface area contributed by atoms with Crippen molar-refractivity contribution in [3.05, 3.63) is 46.3 Å². The highest BCUT2D eigenvalue weighted by Crippen LogP contribution is 2.25. The molecule has 1 aliphatic rings. The van der Waals surface area contributed by atoms with E-state index >= 15 is 0 Å². The standard InChI is InChI=1S/C20H24N4OS/c1-14-5-4-6-18(15(14)2)24-10-8-23(9-11-24)16(3)19(25)22-20-17(13-21)7-12-26-20/h4-7,12,16H,8-11H2,1-3H3,(H,22,25)/t16-/m1/s1. The maximum atomic E-state index is 12.6. The molecule has 0 unspecified atom stereocenters. The molecule has 26 heavy (non-hydrogen) atoms. The fourth-order valence-electron chi connectivity index (χ4n) is 3.30. The van der Waals surface area contributed by atoms with Crippen molar-refractivity contribution in [3.63, 3.8) is 0 Å². The van der Waals surface area contributed by atoms with Crippen molar-refractivity contribution >= 4 is 27.9 Å². The van der Waals surface area contributed by atoms with Crippen LogP contribution in [0.3, 0.4) is 0 Å². The van der Waals surface area contributed by atoms with E-state index in [1.165, 1.54) is 28.2 Å². The van der Waals surface area contributed by atoms with Crippen LogP contribution in [-0.2, 0) is 4.79 Å². The predicted molar refractivity (Wildman–Crippen MR) is 107 cm³/mol. The topological polar surface area (TPSA) is 59.4 Å². The molecule has 1 N–H and O–H groups in total. The second kappa shape index (κ2) is 7.90. The van der Waals surface area contributed by atoms with E-state index in [0.717, 1.165) is 26.2 Å². The third-order valence-electron chi connectivity index (χ3n) is 5.18. The van der Waals surface area contributed by atoms with Crippen LogP contribution in [0.4, 0.5) is 10.7 Å². The normalized spacial score (nSPS) is 16.2. The van der Waals surface area contributed by atoms with Gasteiger partial charge in [-0.25, -0.2) is 0 Å². The van der Waals surface area contributed by atoms with E-state index in [1.807, 2.05) is 12.3 Å². The molecular weight excluding hydrogens is 344 g/mol. The molecule has 0 aliphatic carbocycles. The molecule has 0 spiro atoms. The lowest BCUT2D eigenvalue weighted by Crippen LogP contribution is -2.53. The molecule has 136 valence electrons.